The van der Waals surface area contributed by atoms with Gasteiger partial charge < -0.3 is 15.2 Å². The van der Waals surface area contributed by atoms with Crippen molar-refractivity contribution in [3.05, 3.63) is 81.0 Å². The van der Waals surface area contributed by atoms with E-state index < -0.39 is 11.6 Å². The Morgan fingerprint density at radius 1 is 1.12 bits per heavy atom. The lowest BCUT2D eigenvalue weighted by atomic mass is 10.0. The molecule has 33 heavy (non-hydrogen) atoms. The van der Waals surface area contributed by atoms with Gasteiger partial charge in [0.15, 0.2) is 17.4 Å². The molecular formula is C24H25Cl2FN4O2. The third-order valence-corrected chi connectivity index (χ3v) is 5.94. The third kappa shape index (κ3) is 6.19. The van der Waals surface area contributed by atoms with Gasteiger partial charge in [-0.25, -0.2) is 9.37 Å². The quantitative estimate of drug-likeness (QED) is 0.283. The van der Waals surface area contributed by atoms with Gasteiger partial charge in [0, 0.05) is 37.5 Å². The Hall–Kier alpha value is -2.74. The number of hydrogen-bond acceptors (Lipinski definition) is 5. The van der Waals surface area contributed by atoms with Crippen molar-refractivity contribution in [1.29, 1.82) is 0 Å². The predicted molar refractivity (Wildman–Crippen MR) is 129 cm³/mol. The number of ketones is 2. The van der Waals surface area contributed by atoms with Crippen LogP contribution in [0.3, 0.4) is 0 Å². The van der Waals surface area contributed by atoms with Crippen LogP contribution in [0.4, 0.5) is 10.2 Å². The van der Waals surface area contributed by atoms with E-state index in [1.165, 1.54) is 24.4 Å². The van der Waals surface area contributed by atoms with Crippen molar-refractivity contribution >= 4 is 40.6 Å². The van der Waals surface area contributed by atoms with E-state index >= 15 is 0 Å². The molecule has 2 aromatic heterocycles. The Morgan fingerprint density at radius 3 is 2.52 bits per heavy atom. The molecule has 2 N–H and O–H groups in total. The summed E-state index contributed by atoms with van der Waals surface area (Å²) in [5.74, 6) is -1.03. The van der Waals surface area contributed by atoms with E-state index in [2.05, 4.69) is 34.0 Å². The van der Waals surface area contributed by atoms with Crippen LogP contribution in [-0.2, 0) is 6.42 Å². The van der Waals surface area contributed by atoms with Gasteiger partial charge in [-0.3, -0.25) is 9.59 Å². The second-order valence-corrected chi connectivity index (χ2v) is 8.27. The molecule has 0 unspecified atom stereocenters. The first-order valence-corrected chi connectivity index (χ1v) is 11.4. The van der Waals surface area contributed by atoms with Crippen molar-refractivity contribution in [2.24, 2.45) is 0 Å². The highest BCUT2D eigenvalue weighted by Gasteiger charge is 2.22. The van der Waals surface area contributed by atoms with Crippen LogP contribution in [0.1, 0.15) is 45.8 Å². The summed E-state index contributed by atoms with van der Waals surface area (Å²) in [5.41, 5.74) is 0.766. The van der Waals surface area contributed by atoms with Crippen molar-refractivity contribution in [3.8, 4) is 0 Å². The smallest absolute Gasteiger partial charge is 0.199 e. The Balaban J connectivity index is 1.62. The van der Waals surface area contributed by atoms with Gasteiger partial charge >= 0.3 is 0 Å². The number of aromatic amines is 1. The number of nitrogens with zero attached hydrogens (tertiary/aromatic N) is 2. The molecule has 0 saturated heterocycles. The van der Waals surface area contributed by atoms with Crippen LogP contribution in [0.15, 0.2) is 42.7 Å². The topological polar surface area (TPSA) is 78.1 Å². The lowest BCUT2D eigenvalue weighted by Gasteiger charge is -2.18. The van der Waals surface area contributed by atoms with E-state index in [-0.39, 0.29) is 39.1 Å². The average molecular weight is 491 g/mol. The van der Waals surface area contributed by atoms with E-state index in [0.29, 0.717) is 0 Å². The van der Waals surface area contributed by atoms with Crippen LogP contribution in [0.2, 0.25) is 10.0 Å². The van der Waals surface area contributed by atoms with Crippen LogP contribution >= 0.6 is 23.2 Å². The van der Waals surface area contributed by atoms with Gasteiger partial charge in [-0.05, 0) is 42.9 Å². The van der Waals surface area contributed by atoms with E-state index in [1.54, 1.807) is 6.20 Å². The molecular weight excluding hydrogens is 466 g/mol. The highest BCUT2D eigenvalue weighted by Crippen LogP contribution is 2.28. The minimum Gasteiger partial charge on any atom is -0.369 e. The molecule has 0 radical (unpaired) electrons. The normalized spacial score (nSPS) is 11.1. The van der Waals surface area contributed by atoms with Crippen LogP contribution in [0, 0.1) is 5.82 Å². The van der Waals surface area contributed by atoms with E-state index in [9.17, 15) is 14.0 Å². The largest absolute Gasteiger partial charge is 0.369 e. The summed E-state index contributed by atoms with van der Waals surface area (Å²) in [6, 6.07) is 7.69. The monoisotopic (exact) mass is 490 g/mol. The minimum atomic E-state index is -0.889. The molecule has 0 atom stereocenters. The van der Waals surface area contributed by atoms with Gasteiger partial charge in [-0.1, -0.05) is 43.1 Å². The summed E-state index contributed by atoms with van der Waals surface area (Å²) in [6.45, 7) is 7.96. The molecule has 2 heterocycles. The highest BCUT2D eigenvalue weighted by atomic mass is 35.5. The molecule has 0 amide bonds. The van der Waals surface area contributed by atoms with Crippen LogP contribution in [-0.4, -0.2) is 52.6 Å². The number of nitrogens with one attached hydrogen (secondary N) is 2. The molecule has 174 valence electrons. The van der Waals surface area contributed by atoms with Gasteiger partial charge in [0.2, 0.25) is 0 Å². The number of H-pyrrole nitrogens is 1. The first-order chi connectivity index (χ1) is 15.8. The Bertz CT molecular complexity index is 1130. The number of pyridine rings is 1. The summed E-state index contributed by atoms with van der Waals surface area (Å²) < 4.78 is 14.3. The zero-order chi connectivity index (χ0) is 24.0. The maximum absolute atomic E-state index is 14.3. The van der Waals surface area contributed by atoms with Crippen LogP contribution in [0.5, 0.6) is 0 Å². The number of halogens is 3. The molecule has 9 heteroatoms. The standard InChI is InChI=1S/C24H25Cl2FN4O2/c1-3-31(4-2)10-9-28-21-8-5-15(13-30-21)11-20(32)19-12-16(14-29-19)24(33)22-17(25)6-7-18(26)23(22)27/h5-8,12-14,29H,3-4,9-11H2,1-2H3,(H,28,30). The SMILES string of the molecule is CCN(CC)CCNc1ccc(CC(=O)c2cc(C(=O)c3c(Cl)ccc(Cl)c3F)c[nH]2)cn1. The van der Waals surface area contributed by atoms with Crippen LogP contribution < -0.4 is 5.32 Å². The van der Waals surface area contributed by atoms with E-state index in [0.717, 1.165) is 37.6 Å². The van der Waals surface area contributed by atoms with Crippen molar-refractivity contribution in [2.75, 3.05) is 31.5 Å². The number of carbonyl (C=O) groups is 2. The Morgan fingerprint density at radius 2 is 1.85 bits per heavy atom. The number of Topliss-reactive ketones (excluding diaryl/α,β-unsaturated/α-hetero) is 1. The van der Waals surface area contributed by atoms with Crippen LogP contribution in [0.25, 0.3) is 0 Å². The third-order valence-electron chi connectivity index (χ3n) is 5.33. The maximum Gasteiger partial charge on any atom is 0.199 e. The Labute approximate surface area is 202 Å². The van der Waals surface area contributed by atoms with Gasteiger partial charge in [-0.15, -0.1) is 0 Å². The molecule has 3 aromatic rings. The number of benzene rings is 1. The minimum absolute atomic E-state index is 0.0483. The average Bonchev–Trinajstić information content (AvgIpc) is 3.31. The zero-order valence-electron chi connectivity index (χ0n) is 18.4. The summed E-state index contributed by atoms with van der Waals surface area (Å²) >= 11 is 11.8. The maximum atomic E-state index is 14.3. The number of aromatic nitrogens is 2. The summed E-state index contributed by atoms with van der Waals surface area (Å²) in [7, 11) is 0. The number of carbonyl (C=O) groups excluding carboxylic acids is 2. The summed E-state index contributed by atoms with van der Waals surface area (Å²) in [5, 5.41) is 3.02. The van der Waals surface area contributed by atoms with Crippen molar-refractivity contribution in [2.45, 2.75) is 20.3 Å². The van der Waals surface area contributed by atoms with E-state index in [1.807, 2.05) is 12.1 Å². The highest BCUT2D eigenvalue weighted by molar-refractivity contribution is 6.37. The number of likely N-dealkylation sites (N-methyl/N-ethyl adjacent to an activating group) is 1. The molecule has 6 nitrogen and oxygen atoms in total. The predicted octanol–water partition coefficient (Wildman–Crippen LogP) is 5.27. The number of anilines is 1. The Kier molecular flexibility index (Phi) is 8.61. The molecule has 3 rings (SSSR count). The lowest BCUT2D eigenvalue weighted by molar-refractivity contribution is 0.0988. The van der Waals surface area contributed by atoms with Crippen molar-refractivity contribution < 1.29 is 14.0 Å². The lowest BCUT2D eigenvalue weighted by Crippen LogP contribution is -2.28. The first kappa shape index (κ1) is 24.9. The molecule has 0 aliphatic rings. The molecule has 0 bridgehead atoms. The molecule has 1 aromatic carbocycles. The zero-order valence-corrected chi connectivity index (χ0v) is 19.9. The van der Waals surface area contributed by atoms with E-state index in [4.69, 9.17) is 23.2 Å². The number of hydrogen-bond donors (Lipinski definition) is 2. The first-order valence-electron chi connectivity index (χ1n) is 10.6. The molecule has 0 spiro atoms. The number of rotatable bonds is 11. The van der Waals surface area contributed by atoms with Crippen molar-refractivity contribution in [3.63, 3.8) is 0 Å². The second kappa shape index (κ2) is 11.4. The fourth-order valence-corrected chi connectivity index (χ4v) is 3.75. The second-order valence-electron chi connectivity index (χ2n) is 7.45. The van der Waals surface area contributed by atoms with Crippen molar-refractivity contribution in [1.82, 2.24) is 14.9 Å². The van der Waals surface area contributed by atoms with Gasteiger partial charge in [0.05, 0.1) is 21.3 Å². The molecule has 0 aliphatic carbocycles. The molecule has 0 aliphatic heterocycles. The summed E-state index contributed by atoms with van der Waals surface area (Å²) in [6.07, 6.45) is 3.11. The van der Waals surface area contributed by atoms with Gasteiger partial charge in [-0.2, -0.15) is 0 Å². The molecule has 0 fully saturated rings. The van der Waals surface area contributed by atoms with Gasteiger partial charge in [0.25, 0.3) is 0 Å². The van der Waals surface area contributed by atoms with Gasteiger partial charge in [0.1, 0.15) is 5.82 Å². The fraction of sp³-hybridized carbons (Fsp3) is 0.292. The molecule has 0 saturated carbocycles. The fourth-order valence-electron chi connectivity index (χ4n) is 3.36. The summed E-state index contributed by atoms with van der Waals surface area (Å²) in [4.78, 5) is 34.8.